The number of halogens is 1. The quantitative estimate of drug-likeness (QED) is 0.452. The lowest BCUT2D eigenvalue weighted by molar-refractivity contribution is -0.0573. The van der Waals surface area contributed by atoms with Gasteiger partial charge in [-0.05, 0) is 63.1 Å². The molecule has 0 spiro atoms. The summed E-state index contributed by atoms with van der Waals surface area (Å²) in [6.07, 6.45) is 2.61. The zero-order chi connectivity index (χ0) is 27.4. The Balaban J connectivity index is 1.70. The van der Waals surface area contributed by atoms with Gasteiger partial charge in [0.25, 0.3) is 0 Å². The molecule has 2 amide bonds. The molecule has 0 radical (unpaired) electrons. The van der Waals surface area contributed by atoms with E-state index in [1.807, 2.05) is 38.1 Å². The van der Waals surface area contributed by atoms with Gasteiger partial charge < -0.3 is 30.5 Å². The van der Waals surface area contributed by atoms with Crippen molar-refractivity contribution in [3.8, 4) is 11.1 Å². The molecule has 8 heteroatoms. The molecule has 0 aromatic heterocycles. The molecule has 208 valence electrons. The summed E-state index contributed by atoms with van der Waals surface area (Å²) in [4.78, 5) is 16.7. The molecule has 2 fully saturated rings. The number of β-amino-alcohol motifs (C(OH)–C–C–N with tert-alkyl or cyclic N) is 1. The first-order valence-corrected chi connectivity index (χ1v) is 13.7. The lowest BCUT2D eigenvalue weighted by Crippen LogP contribution is -2.52. The number of benzene rings is 2. The monoisotopic (exact) mass is 527 g/mol. The first-order valence-electron chi connectivity index (χ1n) is 13.7. The van der Waals surface area contributed by atoms with Gasteiger partial charge in [0.05, 0.1) is 11.7 Å². The molecule has 2 aromatic carbocycles. The van der Waals surface area contributed by atoms with Gasteiger partial charge in [-0.3, -0.25) is 0 Å². The second-order valence-electron chi connectivity index (χ2n) is 11.1. The van der Waals surface area contributed by atoms with Crippen LogP contribution < -0.4 is 5.73 Å². The Morgan fingerprint density at radius 3 is 2.53 bits per heavy atom. The summed E-state index contributed by atoms with van der Waals surface area (Å²) in [6.45, 7) is 6.00. The summed E-state index contributed by atoms with van der Waals surface area (Å²) >= 11 is 0. The minimum atomic E-state index is -1.34. The molecule has 4 atom stereocenters. The molecule has 7 nitrogen and oxygen atoms in total. The molecule has 4 unspecified atom stereocenters. The van der Waals surface area contributed by atoms with Gasteiger partial charge in [0.1, 0.15) is 5.82 Å². The van der Waals surface area contributed by atoms with Crippen molar-refractivity contribution in [2.45, 2.75) is 63.7 Å². The van der Waals surface area contributed by atoms with Crippen LogP contribution in [0.3, 0.4) is 0 Å². The van der Waals surface area contributed by atoms with Crippen LogP contribution in [0.2, 0.25) is 0 Å². The third kappa shape index (κ3) is 6.04. The number of carbonyl (C=O) groups excluding carboxylic acids is 1. The van der Waals surface area contributed by atoms with Crippen molar-refractivity contribution in [1.82, 2.24) is 9.80 Å². The number of ether oxygens (including phenoxy) is 1. The second-order valence-corrected chi connectivity index (χ2v) is 11.1. The Morgan fingerprint density at radius 1 is 1.13 bits per heavy atom. The molecule has 4 rings (SSSR count). The zero-order valence-corrected chi connectivity index (χ0v) is 22.8. The highest BCUT2D eigenvalue weighted by atomic mass is 19.1. The van der Waals surface area contributed by atoms with Crippen LogP contribution in [0.15, 0.2) is 36.4 Å². The number of aliphatic hydroxyl groups is 2. The fraction of sp³-hybridized carbons (Fsp3) is 0.567. The molecule has 2 aliphatic rings. The largest absolute Gasteiger partial charge is 0.390 e. The number of hydrogen-bond donors (Lipinski definition) is 3. The van der Waals surface area contributed by atoms with Gasteiger partial charge in [-0.25, -0.2) is 9.18 Å². The first kappa shape index (κ1) is 28.5. The number of urea groups is 1. The highest BCUT2D eigenvalue weighted by Crippen LogP contribution is 2.45. The van der Waals surface area contributed by atoms with Crippen LogP contribution in [0.25, 0.3) is 11.1 Å². The highest BCUT2D eigenvalue weighted by Gasteiger charge is 2.44. The van der Waals surface area contributed by atoms with Crippen molar-refractivity contribution < 1.29 is 24.1 Å². The van der Waals surface area contributed by atoms with Crippen molar-refractivity contribution in [2.24, 2.45) is 11.7 Å². The van der Waals surface area contributed by atoms with Crippen LogP contribution in [-0.4, -0.2) is 78.1 Å². The molecule has 0 bridgehead atoms. The summed E-state index contributed by atoms with van der Waals surface area (Å²) in [6, 6.07) is 10.3. The third-order valence-electron chi connectivity index (χ3n) is 8.12. The molecule has 2 heterocycles. The summed E-state index contributed by atoms with van der Waals surface area (Å²) in [5, 5.41) is 22.6. The minimum absolute atomic E-state index is 0.169. The van der Waals surface area contributed by atoms with Crippen LogP contribution >= 0.6 is 0 Å². The number of nitrogens with two attached hydrogens (primary N) is 1. The molecule has 38 heavy (non-hydrogen) atoms. The maximum absolute atomic E-state index is 15.6. The van der Waals surface area contributed by atoms with Crippen LogP contribution in [0, 0.1) is 25.6 Å². The van der Waals surface area contributed by atoms with Gasteiger partial charge in [0.2, 0.25) is 0 Å². The summed E-state index contributed by atoms with van der Waals surface area (Å²) in [5.74, 6) is -0.651. The summed E-state index contributed by atoms with van der Waals surface area (Å²) in [5.41, 5.74) is 8.39. The van der Waals surface area contributed by atoms with Crippen molar-refractivity contribution in [1.29, 1.82) is 0 Å². The number of unbranched alkanes of at least 4 members (excludes halogenated alkanes) is 1. The Bertz CT molecular complexity index is 1100. The minimum Gasteiger partial charge on any atom is -0.390 e. The molecule has 4 N–H and O–H groups in total. The van der Waals surface area contributed by atoms with E-state index in [9.17, 15) is 15.0 Å². The second kappa shape index (κ2) is 12.1. The Hall–Kier alpha value is -2.52. The predicted molar refractivity (Wildman–Crippen MR) is 146 cm³/mol. The average Bonchev–Trinajstić information content (AvgIpc) is 3.23. The van der Waals surface area contributed by atoms with Gasteiger partial charge in [0, 0.05) is 57.4 Å². The molecule has 0 saturated carbocycles. The summed E-state index contributed by atoms with van der Waals surface area (Å²) < 4.78 is 20.8. The number of nitrogens with zero attached hydrogens (tertiary/aromatic N) is 2. The molecular weight excluding hydrogens is 485 g/mol. The molecule has 0 aliphatic carbocycles. The molecule has 2 aromatic rings. The fourth-order valence-electron chi connectivity index (χ4n) is 6.21. The molecule has 2 aliphatic heterocycles. The van der Waals surface area contributed by atoms with Crippen molar-refractivity contribution in [3.05, 3.63) is 58.9 Å². The van der Waals surface area contributed by atoms with Crippen molar-refractivity contribution >= 4 is 6.03 Å². The number of methoxy groups -OCH3 is 1. The van der Waals surface area contributed by atoms with Crippen molar-refractivity contribution in [2.75, 3.05) is 39.9 Å². The zero-order valence-electron chi connectivity index (χ0n) is 22.8. The van der Waals surface area contributed by atoms with Gasteiger partial charge in [-0.1, -0.05) is 41.5 Å². The van der Waals surface area contributed by atoms with Crippen molar-refractivity contribution in [3.63, 3.8) is 0 Å². The van der Waals surface area contributed by atoms with Crippen LogP contribution in [0.4, 0.5) is 9.18 Å². The Labute approximate surface area is 225 Å². The average molecular weight is 528 g/mol. The smallest absolute Gasteiger partial charge is 0.320 e. The van der Waals surface area contributed by atoms with E-state index in [0.717, 1.165) is 36.0 Å². The number of rotatable bonds is 8. The standard InChI is InChI=1S/C30H42FN3O4/c1-20-14-21(2)16-22(15-20)28-24(9-6-10-25(28)31)30(37,11-4-5-13-38-3)23-8-7-12-33(17-23)29(36)34-18-26(32)27(35)19-34/h6,9-10,14-16,23,26-27,35,37H,4-5,7-8,11-13,17-19,32H2,1-3H3. The number of likely N-dealkylation sites (tertiary alicyclic amines) is 2. The lowest BCUT2D eigenvalue weighted by Gasteiger charge is -2.44. The fourth-order valence-corrected chi connectivity index (χ4v) is 6.21. The SMILES string of the molecule is COCCCCC(O)(c1cccc(F)c1-c1cc(C)cc(C)c1)C1CCCN(C(=O)N2CC(N)C(O)C2)C1. The molecular formula is C30H42FN3O4. The van der Waals surface area contributed by atoms with E-state index in [1.54, 1.807) is 23.0 Å². The van der Waals surface area contributed by atoms with Crippen LogP contribution in [0.5, 0.6) is 0 Å². The summed E-state index contributed by atoms with van der Waals surface area (Å²) in [7, 11) is 1.66. The normalized spacial score (nSPS) is 23.5. The van der Waals surface area contributed by atoms with E-state index in [1.165, 1.54) is 6.07 Å². The van der Waals surface area contributed by atoms with Gasteiger partial charge in [0.15, 0.2) is 0 Å². The Morgan fingerprint density at radius 2 is 1.87 bits per heavy atom. The third-order valence-corrected chi connectivity index (χ3v) is 8.12. The number of amides is 2. The van der Waals surface area contributed by atoms with E-state index in [2.05, 4.69) is 0 Å². The maximum Gasteiger partial charge on any atom is 0.320 e. The predicted octanol–water partition coefficient (Wildman–Crippen LogP) is 3.95. The number of aryl methyl sites for hydroxylation is 2. The lowest BCUT2D eigenvalue weighted by atomic mass is 9.72. The first-order chi connectivity index (χ1) is 18.1. The van der Waals surface area contributed by atoms with Crippen LogP contribution in [-0.2, 0) is 10.3 Å². The van der Waals surface area contributed by atoms with E-state index < -0.39 is 17.7 Å². The van der Waals surface area contributed by atoms with Gasteiger partial charge in [-0.2, -0.15) is 0 Å². The Kier molecular flexibility index (Phi) is 9.08. The van der Waals surface area contributed by atoms with Crippen LogP contribution in [0.1, 0.15) is 48.8 Å². The number of piperidine rings is 1. The van der Waals surface area contributed by atoms with E-state index in [-0.39, 0.29) is 24.3 Å². The van der Waals surface area contributed by atoms with E-state index in [4.69, 9.17) is 10.5 Å². The number of hydrogen-bond acceptors (Lipinski definition) is 5. The van der Waals surface area contributed by atoms with E-state index >= 15 is 4.39 Å². The van der Waals surface area contributed by atoms with Gasteiger partial charge >= 0.3 is 6.03 Å². The van der Waals surface area contributed by atoms with E-state index in [0.29, 0.717) is 50.2 Å². The molecule has 2 saturated heterocycles. The highest BCUT2D eigenvalue weighted by molar-refractivity contribution is 5.75. The topological polar surface area (TPSA) is 99.3 Å². The number of carbonyl (C=O) groups is 1. The number of aliphatic hydroxyl groups excluding tert-OH is 1. The maximum atomic E-state index is 15.6. The van der Waals surface area contributed by atoms with Gasteiger partial charge in [-0.15, -0.1) is 0 Å².